The van der Waals surface area contributed by atoms with Gasteiger partial charge in [0.15, 0.2) is 0 Å². The van der Waals surface area contributed by atoms with Gasteiger partial charge in [0.1, 0.15) is 10.7 Å². The Kier molecular flexibility index (Phi) is 2.67. The van der Waals surface area contributed by atoms with Gasteiger partial charge in [-0.1, -0.05) is 12.8 Å². The van der Waals surface area contributed by atoms with Gasteiger partial charge < -0.3 is 11.1 Å². The highest BCUT2D eigenvalue weighted by Crippen LogP contribution is 2.19. The maximum Gasteiger partial charge on any atom is 0.263 e. The van der Waals surface area contributed by atoms with Crippen LogP contribution in [-0.2, 0) is 0 Å². The highest BCUT2D eigenvalue weighted by molar-refractivity contribution is 7.08. The van der Waals surface area contributed by atoms with E-state index in [0.29, 0.717) is 16.7 Å². The quantitative estimate of drug-likeness (QED) is 0.777. The Morgan fingerprint density at radius 1 is 1.57 bits per heavy atom. The molecule has 2 rings (SSSR count). The van der Waals surface area contributed by atoms with Crippen molar-refractivity contribution in [2.75, 3.05) is 5.73 Å². The molecule has 1 aliphatic carbocycles. The van der Waals surface area contributed by atoms with Crippen molar-refractivity contribution >= 4 is 23.3 Å². The number of nitrogens with two attached hydrogens (primary N) is 1. The molecule has 0 bridgehead atoms. The molecule has 1 saturated carbocycles. The Morgan fingerprint density at radius 2 is 2.29 bits per heavy atom. The molecule has 1 heterocycles. The topological polar surface area (TPSA) is 68.0 Å². The predicted molar refractivity (Wildman–Crippen MR) is 56.2 cm³/mol. The number of hydrogen-bond donors (Lipinski definition) is 2. The molecular formula is C9H13N3OS. The maximum absolute atomic E-state index is 11.6. The van der Waals surface area contributed by atoms with E-state index in [4.69, 9.17) is 5.73 Å². The SMILES string of the molecule is Nc1cc(C(=O)NC2CCCC2)sn1. The molecule has 1 aromatic rings. The van der Waals surface area contributed by atoms with Crippen LogP contribution in [0.1, 0.15) is 35.4 Å². The van der Waals surface area contributed by atoms with Gasteiger partial charge in [-0.2, -0.15) is 4.37 Å². The summed E-state index contributed by atoms with van der Waals surface area (Å²) in [6.07, 6.45) is 4.63. The average Bonchev–Trinajstić information content (AvgIpc) is 2.75. The van der Waals surface area contributed by atoms with Crippen molar-refractivity contribution in [3.05, 3.63) is 10.9 Å². The molecule has 0 atom stereocenters. The smallest absolute Gasteiger partial charge is 0.263 e. The van der Waals surface area contributed by atoms with E-state index in [-0.39, 0.29) is 5.91 Å². The first-order chi connectivity index (χ1) is 6.75. The minimum atomic E-state index is -0.0360. The van der Waals surface area contributed by atoms with Crippen LogP contribution >= 0.6 is 11.5 Å². The van der Waals surface area contributed by atoms with Gasteiger partial charge in [0.25, 0.3) is 5.91 Å². The normalized spacial score (nSPS) is 17.1. The second-order valence-corrected chi connectivity index (χ2v) is 4.38. The molecule has 0 saturated heterocycles. The van der Waals surface area contributed by atoms with Crippen molar-refractivity contribution < 1.29 is 4.79 Å². The molecule has 1 fully saturated rings. The van der Waals surface area contributed by atoms with Gasteiger partial charge in [-0.05, 0) is 24.4 Å². The zero-order chi connectivity index (χ0) is 9.97. The first-order valence-electron chi connectivity index (χ1n) is 4.79. The largest absolute Gasteiger partial charge is 0.383 e. The highest BCUT2D eigenvalue weighted by Gasteiger charge is 2.18. The van der Waals surface area contributed by atoms with Gasteiger partial charge in [0.05, 0.1) is 0 Å². The lowest BCUT2D eigenvalue weighted by Gasteiger charge is -2.09. The summed E-state index contributed by atoms with van der Waals surface area (Å²) >= 11 is 1.15. The lowest BCUT2D eigenvalue weighted by molar-refractivity contribution is 0.0942. The average molecular weight is 211 g/mol. The molecule has 5 heteroatoms. The van der Waals surface area contributed by atoms with Crippen LogP contribution in [0.2, 0.25) is 0 Å². The molecule has 76 valence electrons. The lowest BCUT2D eigenvalue weighted by atomic mass is 10.2. The standard InChI is InChI=1S/C9H13N3OS/c10-8-5-7(14-12-8)9(13)11-6-3-1-2-4-6/h5-6H,1-4H2,(H2,10,12)(H,11,13). The number of hydrogen-bond acceptors (Lipinski definition) is 4. The van der Waals surface area contributed by atoms with Gasteiger partial charge in [0.2, 0.25) is 0 Å². The number of nitrogens with one attached hydrogen (secondary N) is 1. The third-order valence-corrected chi connectivity index (χ3v) is 3.24. The molecule has 14 heavy (non-hydrogen) atoms. The van der Waals surface area contributed by atoms with Crippen molar-refractivity contribution in [1.82, 2.24) is 9.69 Å². The van der Waals surface area contributed by atoms with E-state index < -0.39 is 0 Å². The van der Waals surface area contributed by atoms with E-state index in [1.165, 1.54) is 12.8 Å². The zero-order valence-corrected chi connectivity index (χ0v) is 8.64. The Bertz CT molecular complexity index is 331. The first kappa shape index (κ1) is 9.45. The molecule has 0 radical (unpaired) electrons. The van der Waals surface area contributed by atoms with Crippen LogP contribution in [-0.4, -0.2) is 16.3 Å². The van der Waals surface area contributed by atoms with Crippen molar-refractivity contribution in [2.45, 2.75) is 31.7 Å². The number of carbonyl (C=O) groups is 1. The third kappa shape index (κ3) is 2.04. The summed E-state index contributed by atoms with van der Waals surface area (Å²) in [4.78, 5) is 12.2. The maximum atomic E-state index is 11.6. The number of carbonyl (C=O) groups excluding carboxylic acids is 1. The number of amides is 1. The van der Waals surface area contributed by atoms with Crippen LogP contribution in [0.3, 0.4) is 0 Å². The number of nitrogens with zero attached hydrogens (tertiary/aromatic N) is 1. The summed E-state index contributed by atoms with van der Waals surface area (Å²) in [5, 5.41) is 2.98. The van der Waals surface area contributed by atoms with E-state index in [2.05, 4.69) is 9.69 Å². The molecule has 3 N–H and O–H groups in total. The number of nitrogen functional groups attached to an aromatic ring is 1. The van der Waals surface area contributed by atoms with Crippen LogP contribution < -0.4 is 11.1 Å². The minimum absolute atomic E-state index is 0.0360. The van der Waals surface area contributed by atoms with Crippen LogP contribution in [0.15, 0.2) is 6.07 Å². The van der Waals surface area contributed by atoms with Gasteiger partial charge in [-0.3, -0.25) is 4.79 Å². The van der Waals surface area contributed by atoms with E-state index >= 15 is 0 Å². The molecule has 4 nitrogen and oxygen atoms in total. The Morgan fingerprint density at radius 3 is 2.86 bits per heavy atom. The summed E-state index contributed by atoms with van der Waals surface area (Å²) in [6.45, 7) is 0. The van der Waals surface area contributed by atoms with Crippen LogP contribution in [0.4, 0.5) is 5.82 Å². The van der Waals surface area contributed by atoms with Gasteiger partial charge in [-0.15, -0.1) is 0 Å². The fraction of sp³-hybridized carbons (Fsp3) is 0.556. The Labute approximate surface area is 86.7 Å². The molecule has 0 spiro atoms. The van der Waals surface area contributed by atoms with Gasteiger partial charge in [0, 0.05) is 12.1 Å². The molecule has 0 aliphatic heterocycles. The molecule has 1 amide bonds. The van der Waals surface area contributed by atoms with Crippen molar-refractivity contribution in [3.8, 4) is 0 Å². The molecule has 1 aromatic heterocycles. The minimum Gasteiger partial charge on any atom is -0.383 e. The Hall–Kier alpha value is -1.10. The fourth-order valence-electron chi connectivity index (χ4n) is 1.72. The fourth-order valence-corrected chi connectivity index (χ4v) is 2.29. The predicted octanol–water partition coefficient (Wildman–Crippen LogP) is 1.40. The Balaban J connectivity index is 1.95. The number of anilines is 1. The van der Waals surface area contributed by atoms with Crippen molar-refractivity contribution in [3.63, 3.8) is 0 Å². The molecular weight excluding hydrogens is 198 g/mol. The zero-order valence-electron chi connectivity index (χ0n) is 7.82. The molecule has 1 aliphatic rings. The van der Waals surface area contributed by atoms with Gasteiger partial charge >= 0.3 is 0 Å². The number of aromatic nitrogens is 1. The van der Waals surface area contributed by atoms with Crippen LogP contribution in [0.5, 0.6) is 0 Å². The van der Waals surface area contributed by atoms with E-state index in [9.17, 15) is 4.79 Å². The highest BCUT2D eigenvalue weighted by atomic mass is 32.1. The van der Waals surface area contributed by atoms with Gasteiger partial charge in [-0.25, -0.2) is 0 Å². The summed E-state index contributed by atoms with van der Waals surface area (Å²) in [7, 11) is 0. The summed E-state index contributed by atoms with van der Waals surface area (Å²) < 4.78 is 3.87. The number of rotatable bonds is 2. The first-order valence-corrected chi connectivity index (χ1v) is 5.56. The van der Waals surface area contributed by atoms with Crippen LogP contribution in [0, 0.1) is 0 Å². The monoisotopic (exact) mass is 211 g/mol. The second kappa shape index (κ2) is 3.96. The summed E-state index contributed by atoms with van der Waals surface area (Å²) in [6, 6.07) is 1.97. The second-order valence-electron chi connectivity index (χ2n) is 3.57. The lowest BCUT2D eigenvalue weighted by Crippen LogP contribution is -2.31. The third-order valence-electron chi connectivity index (χ3n) is 2.44. The summed E-state index contributed by atoms with van der Waals surface area (Å²) in [5.74, 6) is 0.387. The molecule has 0 unspecified atom stereocenters. The van der Waals surface area contributed by atoms with E-state index in [0.717, 1.165) is 24.4 Å². The van der Waals surface area contributed by atoms with Crippen molar-refractivity contribution in [1.29, 1.82) is 0 Å². The molecule has 0 aromatic carbocycles. The van der Waals surface area contributed by atoms with Crippen LogP contribution in [0.25, 0.3) is 0 Å². The van der Waals surface area contributed by atoms with E-state index in [1.54, 1.807) is 6.07 Å². The van der Waals surface area contributed by atoms with E-state index in [1.807, 2.05) is 0 Å². The summed E-state index contributed by atoms with van der Waals surface area (Å²) in [5.41, 5.74) is 5.44. The van der Waals surface area contributed by atoms with Crippen molar-refractivity contribution in [2.24, 2.45) is 0 Å².